The highest BCUT2D eigenvalue weighted by Crippen LogP contribution is 2.37. The molecule has 0 unspecified atom stereocenters. The number of amides is 2. The van der Waals surface area contributed by atoms with Gasteiger partial charge in [0.15, 0.2) is 6.61 Å². The van der Waals surface area contributed by atoms with Gasteiger partial charge in [0.2, 0.25) is 0 Å². The summed E-state index contributed by atoms with van der Waals surface area (Å²) in [5, 5.41) is 2.07. The maximum Gasteiger partial charge on any atom is 0.259 e. The number of likely N-dealkylation sites (N-methyl/N-ethyl adjacent to an activating group) is 1. The Morgan fingerprint density at radius 1 is 0.857 bits per heavy atom. The molecule has 2 amide bonds. The molecule has 0 fully saturated rings. The minimum Gasteiger partial charge on any atom is -0.483 e. The predicted molar refractivity (Wildman–Crippen MR) is 112 cm³/mol. The fourth-order valence-electron chi connectivity index (χ4n) is 3.00. The third-order valence-corrected chi connectivity index (χ3v) is 4.55. The van der Waals surface area contributed by atoms with Crippen molar-refractivity contribution < 1.29 is 14.3 Å². The molecule has 28 heavy (non-hydrogen) atoms. The molecule has 0 bridgehead atoms. The molecular weight excluding hydrogens is 352 g/mol. The second-order valence-corrected chi connectivity index (χ2v) is 7.02. The minimum absolute atomic E-state index is 0.0470. The monoisotopic (exact) mass is 376 g/mol. The summed E-state index contributed by atoms with van der Waals surface area (Å²) in [6, 6.07) is 19.3. The van der Waals surface area contributed by atoms with E-state index < -0.39 is 0 Å². The van der Waals surface area contributed by atoms with Crippen molar-refractivity contribution in [2.45, 2.75) is 0 Å². The Bertz CT molecular complexity index is 1030. The van der Waals surface area contributed by atoms with Crippen LogP contribution in [0.4, 0.5) is 0 Å². The van der Waals surface area contributed by atoms with E-state index in [4.69, 9.17) is 4.74 Å². The lowest BCUT2D eigenvalue weighted by Gasteiger charge is -2.17. The van der Waals surface area contributed by atoms with Crippen LogP contribution >= 0.6 is 0 Å². The summed E-state index contributed by atoms with van der Waals surface area (Å²) in [6.45, 7) is -0.0470. The average Bonchev–Trinajstić information content (AvgIpc) is 2.70. The first kappa shape index (κ1) is 19.4. The van der Waals surface area contributed by atoms with Gasteiger partial charge in [0, 0.05) is 39.3 Å². The molecule has 0 aliphatic heterocycles. The van der Waals surface area contributed by atoms with Gasteiger partial charge in [0.05, 0.1) is 0 Å². The molecule has 3 rings (SSSR count). The fraction of sp³-hybridized carbons (Fsp3) is 0.217. The first-order chi connectivity index (χ1) is 13.4. The number of carbonyl (C=O) groups excluding carboxylic acids is 2. The van der Waals surface area contributed by atoms with Crippen LogP contribution in [0.3, 0.4) is 0 Å². The van der Waals surface area contributed by atoms with Gasteiger partial charge in [-0.3, -0.25) is 9.59 Å². The lowest BCUT2D eigenvalue weighted by atomic mass is 9.95. The number of ether oxygens (including phenoxy) is 1. The molecular formula is C23H24N2O3. The Morgan fingerprint density at radius 2 is 1.61 bits per heavy atom. The van der Waals surface area contributed by atoms with E-state index in [-0.39, 0.29) is 18.4 Å². The van der Waals surface area contributed by atoms with Crippen LogP contribution in [0.1, 0.15) is 10.4 Å². The van der Waals surface area contributed by atoms with Gasteiger partial charge in [-0.25, -0.2) is 0 Å². The molecule has 5 heteroatoms. The summed E-state index contributed by atoms with van der Waals surface area (Å²) < 4.78 is 5.88. The van der Waals surface area contributed by atoms with E-state index >= 15 is 0 Å². The zero-order valence-corrected chi connectivity index (χ0v) is 16.6. The van der Waals surface area contributed by atoms with Crippen LogP contribution in [0.5, 0.6) is 5.75 Å². The van der Waals surface area contributed by atoms with Gasteiger partial charge >= 0.3 is 0 Å². The molecule has 0 saturated heterocycles. The lowest BCUT2D eigenvalue weighted by Crippen LogP contribution is -2.27. The van der Waals surface area contributed by atoms with Crippen LogP contribution in [0.25, 0.3) is 21.9 Å². The van der Waals surface area contributed by atoms with Gasteiger partial charge in [0.1, 0.15) is 5.75 Å². The molecule has 0 aliphatic rings. The van der Waals surface area contributed by atoms with Crippen molar-refractivity contribution in [1.29, 1.82) is 0 Å². The Kier molecular flexibility index (Phi) is 5.64. The van der Waals surface area contributed by atoms with Crippen molar-refractivity contribution in [3.05, 3.63) is 66.2 Å². The van der Waals surface area contributed by atoms with Crippen LogP contribution in [0, 0.1) is 0 Å². The highest BCUT2D eigenvalue weighted by Gasteiger charge is 2.15. The van der Waals surface area contributed by atoms with Crippen LogP contribution < -0.4 is 4.74 Å². The van der Waals surface area contributed by atoms with Gasteiger partial charge in [0.25, 0.3) is 11.8 Å². The van der Waals surface area contributed by atoms with Crippen LogP contribution in [-0.2, 0) is 4.79 Å². The Labute approximate surface area is 165 Å². The number of hydrogen-bond donors (Lipinski definition) is 0. The zero-order chi connectivity index (χ0) is 20.3. The zero-order valence-electron chi connectivity index (χ0n) is 16.6. The molecule has 0 aliphatic carbocycles. The van der Waals surface area contributed by atoms with Crippen molar-refractivity contribution in [3.8, 4) is 16.9 Å². The van der Waals surface area contributed by atoms with E-state index in [1.54, 1.807) is 39.2 Å². The molecule has 0 spiro atoms. The molecule has 0 heterocycles. The quantitative estimate of drug-likeness (QED) is 0.683. The summed E-state index contributed by atoms with van der Waals surface area (Å²) in [6.07, 6.45) is 0. The largest absolute Gasteiger partial charge is 0.483 e. The Morgan fingerprint density at radius 3 is 2.32 bits per heavy atom. The molecule has 0 N–H and O–H groups in total. The van der Waals surface area contributed by atoms with E-state index in [2.05, 4.69) is 0 Å². The third kappa shape index (κ3) is 3.98. The lowest BCUT2D eigenvalue weighted by molar-refractivity contribution is -0.130. The van der Waals surface area contributed by atoms with E-state index in [0.717, 1.165) is 21.9 Å². The minimum atomic E-state index is -0.115. The number of fused-ring (bicyclic) bond motifs is 1. The molecule has 0 atom stereocenters. The maximum absolute atomic E-state index is 12.4. The summed E-state index contributed by atoms with van der Waals surface area (Å²) in [4.78, 5) is 27.5. The van der Waals surface area contributed by atoms with E-state index in [0.29, 0.717) is 11.3 Å². The van der Waals surface area contributed by atoms with Crippen molar-refractivity contribution in [3.63, 3.8) is 0 Å². The van der Waals surface area contributed by atoms with Crippen LogP contribution in [0.15, 0.2) is 60.7 Å². The predicted octanol–water partition coefficient (Wildman–Crippen LogP) is 3.68. The van der Waals surface area contributed by atoms with Crippen LogP contribution in [0.2, 0.25) is 0 Å². The summed E-state index contributed by atoms with van der Waals surface area (Å²) in [7, 11) is 6.86. The average molecular weight is 376 g/mol. The number of nitrogens with zero attached hydrogens (tertiary/aromatic N) is 2. The van der Waals surface area contributed by atoms with Gasteiger partial charge in [-0.1, -0.05) is 42.5 Å². The highest BCUT2D eigenvalue weighted by atomic mass is 16.5. The smallest absolute Gasteiger partial charge is 0.259 e. The number of rotatable bonds is 5. The van der Waals surface area contributed by atoms with Gasteiger partial charge in [-0.2, -0.15) is 0 Å². The molecule has 0 aromatic heterocycles. The Hall–Kier alpha value is -3.34. The number of benzene rings is 3. The first-order valence-electron chi connectivity index (χ1n) is 9.05. The van der Waals surface area contributed by atoms with Crippen LogP contribution in [-0.4, -0.2) is 56.4 Å². The van der Waals surface area contributed by atoms with Gasteiger partial charge in [-0.15, -0.1) is 0 Å². The summed E-state index contributed by atoms with van der Waals surface area (Å²) in [5.74, 6) is 0.436. The molecule has 3 aromatic rings. The van der Waals surface area contributed by atoms with Gasteiger partial charge < -0.3 is 14.5 Å². The molecule has 3 aromatic carbocycles. The van der Waals surface area contributed by atoms with E-state index in [9.17, 15) is 9.59 Å². The number of hydrogen-bond acceptors (Lipinski definition) is 3. The standard InChI is InChI=1S/C23H24N2O3/c1-24(2)21(26)15-28-20-13-12-16-8-5-6-11-19(16)22(20)17-9-7-10-18(14-17)23(27)25(3)4/h5-14H,15H2,1-4H3. The number of carbonyl (C=O) groups is 2. The van der Waals surface area contributed by atoms with Crippen molar-refractivity contribution in [2.24, 2.45) is 0 Å². The molecule has 5 nitrogen and oxygen atoms in total. The first-order valence-corrected chi connectivity index (χ1v) is 9.05. The van der Waals surface area contributed by atoms with Crippen molar-refractivity contribution >= 4 is 22.6 Å². The SMILES string of the molecule is CN(C)C(=O)COc1ccc2ccccc2c1-c1cccc(C(=O)N(C)C)c1. The second kappa shape index (κ2) is 8.13. The highest BCUT2D eigenvalue weighted by molar-refractivity contribution is 6.02. The van der Waals surface area contributed by atoms with E-state index in [1.807, 2.05) is 54.6 Å². The second-order valence-electron chi connectivity index (χ2n) is 7.02. The van der Waals surface area contributed by atoms with E-state index in [1.165, 1.54) is 4.90 Å². The molecule has 144 valence electrons. The normalized spacial score (nSPS) is 10.6. The summed E-state index contributed by atoms with van der Waals surface area (Å²) >= 11 is 0. The fourth-order valence-corrected chi connectivity index (χ4v) is 3.00. The van der Waals surface area contributed by atoms with Crippen molar-refractivity contribution in [2.75, 3.05) is 34.8 Å². The van der Waals surface area contributed by atoms with Crippen molar-refractivity contribution in [1.82, 2.24) is 9.80 Å². The molecule has 0 radical (unpaired) electrons. The maximum atomic E-state index is 12.4. The molecule has 0 saturated carbocycles. The van der Waals surface area contributed by atoms with Gasteiger partial charge in [-0.05, 0) is 34.5 Å². The Balaban J connectivity index is 2.12. The summed E-state index contributed by atoms with van der Waals surface area (Å²) in [5.41, 5.74) is 2.35. The topological polar surface area (TPSA) is 49.9 Å². The third-order valence-electron chi connectivity index (χ3n) is 4.55.